The quantitative estimate of drug-likeness (QED) is 0.554. The first-order valence-corrected chi connectivity index (χ1v) is 5.24. The molecule has 1 amide bonds. The Kier molecular flexibility index (Phi) is 4.47. The summed E-state index contributed by atoms with van der Waals surface area (Å²) in [5.41, 5.74) is 0.862. The fraction of sp³-hybridized carbons (Fsp3) is 0.364. The van der Waals surface area contributed by atoms with Gasteiger partial charge in [0.05, 0.1) is 0 Å². The molecule has 3 heteroatoms. The van der Waals surface area contributed by atoms with Crippen LogP contribution in [0.15, 0.2) is 30.3 Å². The first-order chi connectivity index (χ1) is 6.79. The van der Waals surface area contributed by atoms with Crippen molar-refractivity contribution in [3.63, 3.8) is 0 Å². The number of alkyl halides is 1. The highest BCUT2D eigenvalue weighted by Gasteiger charge is 2.12. The molecule has 2 nitrogen and oxygen atoms in total. The molecule has 76 valence electrons. The van der Waals surface area contributed by atoms with Crippen LogP contribution < -0.4 is 4.90 Å². The monoisotopic (exact) mass is 211 g/mol. The summed E-state index contributed by atoms with van der Waals surface area (Å²) < 4.78 is 0. The number of benzene rings is 1. The lowest BCUT2D eigenvalue weighted by Gasteiger charge is -2.19. The van der Waals surface area contributed by atoms with Gasteiger partial charge >= 0.3 is 0 Å². The van der Waals surface area contributed by atoms with Crippen LogP contribution in [0.25, 0.3) is 0 Å². The van der Waals surface area contributed by atoms with E-state index in [1.54, 1.807) is 4.90 Å². The van der Waals surface area contributed by atoms with Crippen LogP contribution in [0.4, 0.5) is 5.69 Å². The topological polar surface area (TPSA) is 20.3 Å². The second-order valence-corrected chi connectivity index (χ2v) is 3.27. The molecule has 0 spiro atoms. The molecule has 0 saturated carbocycles. The maximum absolute atomic E-state index is 11.6. The minimum Gasteiger partial charge on any atom is -0.298 e. The number of nitrogens with zero attached hydrogens (tertiary/aromatic N) is 1. The van der Waals surface area contributed by atoms with Gasteiger partial charge in [-0.2, -0.15) is 0 Å². The third-order valence-corrected chi connectivity index (χ3v) is 2.19. The van der Waals surface area contributed by atoms with Crippen LogP contribution in [0.5, 0.6) is 0 Å². The molecule has 0 aliphatic heterocycles. The smallest absolute Gasteiger partial charge is 0.228 e. The third-order valence-electron chi connectivity index (χ3n) is 1.95. The number of para-hydroxylation sites is 1. The van der Waals surface area contributed by atoms with E-state index in [2.05, 4.69) is 0 Å². The van der Waals surface area contributed by atoms with Crippen molar-refractivity contribution >= 4 is 23.2 Å². The predicted molar refractivity (Wildman–Crippen MR) is 59.6 cm³/mol. The maximum Gasteiger partial charge on any atom is 0.228 e. The predicted octanol–water partition coefficient (Wildman–Crippen LogP) is 3.02. The number of hydrogen-bond donors (Lipinski definition) is 0. The highest BCUT2D eigenvalue weighted by atomic mass is 35.5. The van der Waals surface area contributed by atoms with Crippen LogP contribution in [0, 0.1) is 0 Å². The first-order valence-electron chi connectivity index (χ1n) is 4.71. The zero-order valence-electron chi connectivity index (χ0n) is 8.24. The van der Waals surface area contributed by atoms with Crippen LogP contribution in [0.1, 0.15) is 19.8 Å². The zero-order valence-corrected chi connectivity index (χ0v) is 9.00. The Morgan fingerprint density at radius 3 is 2.50 bits per heavy atom. The van der Waals surface area contributed by atoms with Gasteiger partial charge in [0.15, 0.2) is 0 Å². The average molecular weight is 212 g/mol. The number of anilines is 1. The molecule has 0 bridgehead atoms. The lowest BCUT2D eigenvalue weighted by molar-refractivity contribution is -0.118. The molecule has 0 atom stereocenters. The molecule has 14 heavy (non-hydrogen) atoms. The van der Waals surface area contributed by atoms with Crippen molar-refractivity contribution in [2.75, 3.05) is 10.9 Å². The van der Waals surface area contributed by atoms with E-state index >= 15 is 0 Å². The lowest BCUT2D eigenvalue weighted by Crippen LogP contribution is -2.29. The van der Waals surface area contributed by atoms with E-state index in [1.165, 1.54) is 0 Å². The van der Waals surface area contributed by atoms with Gasteiger partial charge in [0.2, 0.25) is 5.91 Å². The van der Waals surface area contributed by atoms with E-state index in [-0.39, 0.29) is 11.9 Å². The Balaban J connectivity index is 2.77. The molecule has 1 rings (SSSR count). The maximum atomic E-state index is 11.6. The van der Waals surface area contributed by atoms with Crippen molar-refractivity contribution in [3.8, 4) is 0 Å². The molecule has 1 aromatic carbocycles. The molecule has 0 heterocycles. The van der Waals surface area contributed by atoms with Gasteiger partial charge < -0.3 is 0 Å². The van der Waals surface area contributed by atoms with E-state index in [0.29, 0.717) is 6.42 Å². The summed E-state index contributed by atoms with van der Waals surface area (Å²) in [5.74, 6) is 0.0775. The van der Waals surface area contributed by atoms with Gasteiger partial charge in [-0.3, -0.25) is 9.69 Å². The molecule has 0 radical (unpaired) electrons. The third kappa shape index (κ3) is 2.74. The summed E-state index contributed by atoms with van der Waals surface area (Å²) in [6.45, 7) is 1.98. The van der Waals surface area contributed by atoms with E-state index in [0.717, 1.165) is 12.1 Å². The second kappa shape index (κ2) is 5.66. The number of carbonyl (C=O) groups excluding carboxylic acids is 1. The Labute approximate surface area is 89.5 Å². The fourth-order valence-electron chi connectivity index (χ4n) is 1.24. The molecule has 0 N–H and O–H groups in total. The summed E-state index contributed by atoms with van der Waals surface area (Å²) in [6, 6.07) is 9.69. The highest BCUT2D eigenvalue weighted by molar-refractivity contribution is 6.21. The Hall–Kier alpha value is -1.02. The van der Waals surface area contributed by atoms with E-state index < -0.39 is 0 Å². The van der Waals surface area contributed by atoms with Crippen LogP contribution in [0.3, 0.4) is 0 Å². The van der Waals surface area contributed by atoms with Crippen molar-refractivity contribution in [1.29, 1.82) is 0 Å². The van der Waals surface area contributed by atoms with E-state index in [1.807, 2.05) is 37.3 Å². The SMILES string of the molecule is CCCC(=O)N(CCl)c1ccccc1. The summed E-state index contributed by atoms with van der Waals surface area (Å²) >= 11 is 5.74. The lowest BCUT2D eigenvalue weighted by atomic mass is 10.2. The van der Waals surface area contributed by atoms with Crippen LogP contribution >= 0.6 is 11.6 Å². The molecule has 0 fully saturated rings. The normalized spacial score (nSPS) is 9.86. The molecule has 0 aliphatic carbocycles. The van der Waals surface area contributed by atoms with Gasteiger partial charge in [0.25, 0.3) is 0 Å². The molecule has 0 aliphatic rings. The largest absolute Gasteiger partial charge is 0.298 e. The molecular formula is C11H14ClNO. The standard InChI is InChI=1S/C11H14ClNO/c1-2-6-11(14)13(9-12)10-7-4-3-5-8-10/h3-5,7-8H,2,6,9H2,1H3. The zero-order chi connectivity index (χ0) is 10.4. The van der Waals surface area contributed by atoms with Gasteiger partial charge in [0.1, 0.15) is 6.00 Å². The van der Waals surface area contributed by atoms with Crippen molar-refractivity contribution < 1.29 is 4.79 Å². The minimum atomic E-state index is 0.0775. The number of carbonyl (C=O) groups is 1. The molecule has 1 aromatic rings. The van der Waals surface area contributed by atoms with Crippen molar-refractivity contribution in [3.05, 3.63) is 30.3 Å². The highest BCUT2D eigenvalue weighted by Crippen LogP contribution is 2.15. The fourth-order valence-corrected chi connectivity index (χ4v) is 1.51. The van der Waals surface area contributed by atoms with E-state index in [4.69, 9.17) is 11.6 Å². The second-order valence-electron chi connectivity index (χ2n) is 3.03. The van der Waals surface area contributed by atoms with Gasteiger partial charge in [-0.1, -0.05) is 25.1 Å². The molecule has 0 aromatic heterocycles. The average Bonchev–Trinajstić information content (AvgIpc) is 2.21. The number of hydrogen-bond acceptors (Lipinski definition) is 1. The Morgan fingerprint density at radius 1 is 1.36 bits per heavy atom. The Morgan fingerprint density at radius 2 is 2.00 bits per heavy atom. The number of rotatable bonds is 4. The minimum absolute atomic E-state index is 0.0775. The van der Waals surface area contributed by atoms with Gasteiger partial charge in [-0.25, -0.2) is 0 Å². The van der Waals surface area contributed by atoms with Crippen LogP contribution in [-0.4, -0.2) is 11.9 Å². The Bertz CT molecular complexity index is 287. The summed E-state index contributed by atoms with van der Waals surface area (Å²) in [4.78, 5) is 13.2. The van der Waals surface area contributed by atoms with Crippen LogP contribution in [0.2, 0.25) is 0 Å². The van der Waals surface area contributed by atoms with Gasteiger partial charge in [-0.05, 0) is 18.6 Å². The molecule has 0 saturated heterocycles. The summed E-state index contributed by atoms with van der Waals surface area (Å²) in [6.07, 6.45) is 1.39. The van der Waals surface area contributed by atoms with Gasteiger partial charge in [-0.15, -0.1) is 11.6 Å². The summed E-state index contributed by atoms with van der Waals surface area (Å²) in [7, 11) is 0. The number of amides is 1. The van der Waals surface area contributed by atoms with Crippen LogP contribution in [-0.2, 0) is 4.79 Å². The van der Waals surface area contributed by atoms with Crippen molar-refractivity contribution in [2.24, 2.45) is 0 Å². The number of halogens is 1. The van der Waals surface area contributed by atoms with E-state index in [9.17, 15) is 4.79 Å². The molecule has 0 unspecified atom stereocenters. The summed E-state index contributed by atoms with van der Waals surface area (Å²) in [5, 5.41) is 0. The van der Waals surface area contributed by atoms with Gasteiger partial charge in [0, 0.05) is 12.1 Å². The first kappa shape index (κ1) is 11.1. The van der Waals surface area contributed by atoms with Crippen molar-refractivity contribution in [2.45, 2.75) is 19.8 Å². The van der Waals surface area contributed by atoms with Crippen molar-refractivity contribution in [1.82, 2.24) is 0 Å². The molecular weight excluding hydrogens is 198 g/mol.